The topological polar surface area (TPSA) is 191 Å². The number of anilines is 1. The summed E-state index contributed by atoms with van der Waals surface area (Å²) in [7, 11) is -2.00. The molecule has 1 aromatic heterocycles. The van der Waals surface area contributed by atoms with Crippen LogP contribution in [0.5, 0.6) is 11.8 Å². The van der Waals surface area contributed by atoms with Crippen LogP contribution in [0.4, 0.5) is 5.95 Å². The molecule has 0 saturated heterocycles. The van der Waals surface area contributed by atoms with Crippen LogP contribution >= 0.6 is 0 Å². The van der Waals surface area contributed by atoms with Gasteiger partial charge in [0.2, 0.25) is 33.7 Å². The molecule has 17 heteroatoms. The number of rotatable bonds is 10. The number of ether oxygens (including phenoxy) is 3. The van der Waals surface area contributed by atoms with E-state index in [4.69, 9.17) is 9.47 Å². The van der Waals surface area contributed by atoms with Crippen LogP contribution in [-0.4, -0.2) is 78.5 Å². The van der Waals surface area contributed by atoms with Crippen molar-refractivity contribution in [3.8, 4) is 11.8 Å². The fourth-order valence-electron chi connectivity index (χ4n) is 2.38. The van der Waals surface area contributed by atoms with Crippen molar-refractivity contribution in [2.75, 3.05) is 40.7 Å². The molecule has 0 aliphatic carbocycles. The Hall–Kier alpha value is -3.70. The maximum absolute atomic E-state index is 12.9. The van der Waals surface area contributed by atoms with Crippen molar-refractivity contribution >= 4 is 38.1 Å². The molecule has 1 aromatic carbocycles. The molecule has 35 heavy (non-hydrogen) atoms. The average Bonchev–Trinajstić information content (AvgIpc) is 2.81. The summed E-state index contributed by atoms with van der Waals surface area (Å²) in [4.78, 5) is 21.8. The maximum atomic E-state index is 12.9. The van der Waals surface area contributed by atoms with Crippen LogP contribution in [0.15, 0.2) is 35.4 Å². The Morgan fingerprint density at radius 2 is 1.63 bits per heavy atom. The van der Waals surface area contributed by atoms with Crippen molar-refractivity contribution in [2.45, 2.75) is 5.75 Å². The van der Waals surface area contributed by atoms with Gasteiger partial charge >= 0.3 is 16.2 Å². The summed E-state index contributed by atoms with van der Waals surface area (Å²) in [6.45, 7) is 0. The van der Waals surface area contributed by atoms with Gasteiger partial charge in [-0.05, 0) is 11.6 Å². The molecule has 0 spiro atoms. The fraction of sp³-hybridized carbons (Fsp3) is 0.333. The van der Waals surface area contributed by atoms with Gasteiger partial charge in [-0.2, -0.15) is 27.5 Å². The van der Waals surface area contributed by atoms with Crippen LogP contribution < -0.4 is 24.3 Å². The number of hydrogen-bond donors (Lipinski definition) is 3. The number of hydrazone groups is 1. The van der Waals surface area contributed by atoms with Crippen molar-refractivity contribution in [1.29, 1.82) is 0 Å². The van der Waals surface area contributed by atoms with Gasteiger partial charge in [-0.25, -0.2) is 13.2 Å². The molecule has 0 radical (unpaired) electrons. The van der Waals surface area contributed by atoms with Crippen molar-refractivity contribution < 1.29 is 35.8 Å². The second-order valence-electron chi connectivity index (χ2n) is 6.75. The molecule has 0 bridgehead atoms. The van der Waals surface area contributed by atoms with Gasteiger partial charge in [0.15, 0.2) is 0 Å². The van der Waals surface area contributed by atoms with Crippen molar-refractivity contribution in [1.82, 2.24) is 23.8 Å². The number of methoxy groups -OCH3 is 3. The van der Waals surface area contributed by atoms with Gasteiger partial charge in [-0.1, -0.05) is 18.2 Å². The molecule has 0 saturated carbocycles. The van der Waals surface area contributed by atoms with E-state index >= 15 is 0 Å². The lowest BCUT2D eigenvalue weighted by Gasteiger charge is -2.15. The molecule has 3 N–H and O–H groups in total. The molecular weight excluding hydrogens is 506 g/mol. The van der Waals surface area contributed by atoms with Crippen molar-refractivity contribution in [3.63, 3.8) is 0 Å². The molecule has 0 aliphatic heterocycles. The first-order chi connectivity index (χ1) is 16.4. The molecule has 0 unspecified atom stereocenters. The zero-order valence-electron chi connectivity index (χ0n) is 19.5. The number of carbonyl (C=O) groups excluding carboxylic acids is 1. The summed E-state index contributed by atoms with van der Waals surface area (Å²) in [6, 6.07) is 7.30. The van der Waals surface area contributed by atoms with Gasteiger partial charge in [-0.15, -0.1) is 5.10 Å². The van der Waals surface area contributed by atoms with Crippen molar-refractivity contribution in [3.05, 3.63) is 41.5 Å². The third kappa shape index (κ3) is 7.94. The van der Waals surface area contributed by atoms with Gasteiger partial charge in [0.25, 0.3) is 0 Å². The highest BCUT2D eigenvalue weighted by atomic mass is 32.2. The normalized spacial score (nSPS) is 12.1. The van der Waals surface area contributed by atoms with Crippen molar-refractivity contribution in [2.24, 2.45) is 5.10 Å². The minimum absolute atomic E-state index is 0.0426. The highest BCUT2D eigenvalue weighted by Gasteiger charge is 2.21. The summed E-state index contributed by atoms with van der Waals surface area (Å²) >= 11 is 0. The van der Waals surface area contributed by atoms with Crippen LogP contribution in [0.25, 0.3) is 0 Å². The fourth-order valence-corrected chi connectivity index (χ4v) is 3.87. The second-order valence-corrected chi connectivity index (χ2v) is 10.3. The number of sulfonamides is 1. The van der Waals surface area contributed by atoms with E-state index in [1.807, 2.05) is 4.83 Å². The number of carbonyl (C=O) groups is 1. The minimum atomic E-state index is -4.26. The standard InChI is InChI=1S/C18H25N7O8S2/c1-25(2)35(29,30)24-22-18(21-17-19-14(31-3)10-15(20-17)32-4)23-34(27,28)11-12-8-6-7-9-13(12)16(26)33-5/h6-10,24H,11H2,1-5H3,(H2,19,20,21,22,23). The summed E-state index contributed by atoms with van der Waals surface area (Å²) in [5.41, 5.74) is 0.181. The van der Waals surface area contributed by atoms with E-state index in [-0.39, 0.29) is 28.8 Å². The summed E-state index contributed by atoms with van der Waals surface area (Å²) in [5, 5.41) is 6.08. The maximum Gasteiger partial charge on any atom is 0.338 e. The first kappa shape index (κ1) is 27.5. The number of benzene rings is 1. The van der Waals surface area contributed by atoms with Gasteiger partial charge in [-0.3, -0.25) is 10.0 Å². The van der Waals surface area contributed by atoms with E-state index in [0.717, 1.165) is 4.31 Å². The lowest BCUT2D eigenvalue weighted by Crippen LogP contribution is -2.41. The van der Waals surface area contributed by atoms with Gasteiger partial charge in [0.05, 0.1) is 38.7 Å². The van der Waals surface area contributed by atoms with E-state index in [9.17, 15) is 21.6 Å². The zero-order chi connectivity index (χ0) is 26.2. The van der Waals surface area contributed by atoms with Crippen LogP contribution in [-0.2, 0) is 30.7 Å². The van der Waals surface area contributed by atoms with Gasteiger partial charge in [0, 0.05) is 14.1 Å². The number of nitrogens with one attached hydrogen (secondary N) is 3. The van der Waals surface area contributed by atoms with E-state index < -0.39 is 37.9 Å². The molecule has 2 rings (SSSR count). The van der Waals surface area contributed by atoms with Crippen LogP contribution in [0.3, 0.4) is 0 Å². The Morgan fingerprint density at radius 1 is 1.03 bits per heavy atom. The van der Waals surface area contributed by atoms with Crippen LogP contribution in [0.1, 0.15) is 15.9 Å². The quantitative estimate of drug-likeness (QED) is 0.155. The third-order valence-corrected chi connectivity index (χ3v) is 6.58. The monoisotopic (exact) mass is 531 g/mol. The molecule has 2 aromatic rings. The molecular formula is C18H25N7O8S2. The van der Waals surface area contributed by atoms with Gasteiger partial charge < -0.3 is 14.2 Å². The van der Waals surface area contributed by atoms with Gasteiger partial charge in [0.1, 0.15) is 0 Å². The molecule has 0 aliphatic rings. The molecule has 0 amide bonds. The second kappa shape index (κ2) is 11.6. The Kier molecular flexibility index (Phi) is 9.15. The third-order valence-electron chi connectivity index (χ3n) is 4.10. The summed E-state index contributed by atoms with van der Waals surface area (Å²) in [5.74, 6) is -2.06. The zero-order valence-corrected chi connectivity index (χ0v) is 21.1. The summed E-state index contributed by atoms with van der Waals surface area (Å²) in [6.07, 6.45) is 0. The first-order valence-corrected chi connectivity index (χ1v) is 12.7. The number of hydrogen-bond acceptors (Lipinski definition) is 11. The SMILES string of the molecule is COC(=O)c1ccccc1CS(=O)(=O)NC(=NNS(=O)(=O)N(C)C)Nc1nc(OC)cc(OC)n1. The van der Waals surface area contributed by atoms with E-state index in [2.05, 4.69) is 29.8 Å². The Labute approximate surface area is 202 Å². The lowest BCUT2D eigenvalue weighted by atomic mass is 10.1. The van der Waals surface area contributed by atoms with E-state index in [1.54, 1.807) is 12.1 Å². The minimum Gasteiger partial charge on any atom is -0.481 e. The number of esters is 1. The number of aromatic nitrogens is 2. The molecule has 1 heterocycles. The Balaban J connectivity index is 2.41. The van der Waals surface area contributed by atoms with E-state index in [0.29, 0.717) is 0 Å². The Morgan fingerprint density at radius 3 is 2.17 bits per heavy atom. The molecule has 0 atom stereocenters. The predicted octanol–water partition coefficient (Wildman–Crippen LogP) is -0.521. The summed E-state index contributed by atoms with van der Waals surface area (Å²) < 4.78 is 67.7. The average molecular weight is 532 g/mol. The first-order valence-electron chi connectivity index (χ1n) is 9.58. The highest BCUT2D eigenvalue weighted by molar-refractivity contribution is 7.89. The van der Waals surface area contributed by atoms with Crippen LogP contribution in [0, 0.1) is 0 Å². The molecule has 15 nitrogen and oxygen atoms in total. The largest absolute Gasteiger partial charge is 0.481 e. The lowest BCUT2D eigenvalue weighted by molar-refractivity contribution is 0.0600. The molecule has 192 valence electrons. The number of guanidine groups is 1. The van der Waals surface area contributed by atoms with E-state index in [1.165, 1.54) is 53.6 Å². The Bertz CT molecular complexity index is 1280. The predicted molar refractivity (Wildman–Crippen MR) is 125 cm³/mol. The van der Waals surface area contributed by atoms with Crippen LogP contribution in [0.2, 0.25) is 0 Å². The highest BCUT2D eigenvalue weighted by Crippen LogP contribution is 2.17. The number of nitrogens with zero attached hydrogens (tertiary/aromatic N) is 4. The smallest absolute Gasteiger partial charge is 0.338 e. The molecule has 0 fully saturated rings.